The lowest BCUT2D eigenvalue weighted by molar-refractivity contribution is -0.103. The average Bonchev–Trinajstić information content (AvgIpc) is 2.40. The maximum atomic E-state index is 6.30. The van der Waals surface area contributed by atoms with Crippen LogP contribution in [0.4, 0.5) is 0 Å². The van der Waals surface area contributed by atoms with Gasteiger partial charge in [0.15, 0.2) is 0 Å². The molecule has 0 bridgehead atoms. The molecule has 0 aliphatic heterocycles. The minimum Gasteiger partial charge on any atom is -0.487 e. The summed E-state index contributed by atoms with van der Waals surface area (Å²) in [6, 6.07) is 6.86. The van der Waals surface area contributed by atoms with Crippen molar-refractivity contribution in [3.63, 3.8) is 0 Å². The highest BCUT2D eigenvalue weighted by Crippen LogP contribution is 2.36. The van der Waals surface area contributed by atoms with Gasteiger partial charge in [0.05, 0.1) is 0 Å². The zero-order valence-corrected chi connectivity index (χ0v) is 14.2. The van der Waals surface area contributed by atoms with Gasteiger partial charge in [-0.1, -0.05) is 38.5 Å². The third kappa shape index (κ3) is 3.58. The zero-order chi connectivity index (χ0) is 15.6. The lowest BCUT2D eigenvalue weighted by atomic mass is 9.83. The Balaban J connectivity index is 2.17. The van der Waals surface area contributed by atoms with Crippen molar-refractivity contribution in [1.29, 1.82) is 0 Å². The van der Waals surface area contributed by atoms with Crippen LogP contribution in [0.25, 0.3) is 0 Å². The summed E-state index contributed by atoms with van der Waals surface area (Å²) in [5.74, 6) is 0.998. The summed E-state index contributed by atoms with van der Waals surface area (Å²) >= 11 is 0. The molecule has 3 heteroatoms. The fourth-order valence-corrected chi connectivity index (χ4v) is 2.89. The molecule has 0 amide bonds. The molecule has 1 N–H and O–H groups in total. The van der Waals surface area contributed by atoms with Gasteiger partial charge in [0.1, 0.15) is 18.0 Å². The summed E-state index contributed by atoms with van der Waals surface area (Å²) in [4.78, 5) is 0. The molecule has 2 rings (SSSR count). The van der Waals surface area contributed by atoms with E-state index in [9.17, 15) is 0 Å². The largest absolute Gasteiger partial charge is 0.487 e. The molecule has 0 heterocycles. The van der Waals surface area contributed by atoms with Gasteiger partial charge in [-0.3, -0.25) is 0 Å². The van der Waals surface area contributed by atoms with Gasteiger partial charge in [-0.05, 0) is 37.9 Å². The van der Waals surface area contributed by atoms with E-state index < -0.39 is 0 Å². The lowest BCUT2D eigenvalue weighted by Gasteiger charge is -2.44. The summed E-state index contributed by atoms with van der Waals surface area (Å²) in [6.45, 7) is 11.6. The number of ether oxygens (including phenoxy) is 2. The van der Waals surface area contributed by atoms with Crippen LogP contribution in [0, 0.1) is 6.92 Å². The smallest absolute Gasteiger partial charge is 0.128 e. The Kier molecular flexibility index (Phi) is 4.95. The van der Waals surface area contributed by atoms with E-state index in [0.29, 0.717) is 6.04 Å². The van der Waals surface area contributed by atoms with E-state index in [0.717, 1.165) is 18.8 Å². The van der Waals surface area contributed by atoms with E-state index in [1.54, 1.807) is 0 Å². The first-order valence-corrected chi connectivity index (χ1v) is 7.93. The van der Waals surface area contributed by atoms with Gasteiger partial charge in [-0.2, -0.15) is 0 Å². The average molecular weight is 291 g/mol. The summed E-state index contributed by atoms with van der Waals surface area (Å²) < 4.78 is 12.1. The fourth-order valence-electron chi connectivity index (χ4n) is 2.89. The molecule has 1 aliphatic carbocycles. The molecule has 1 aromatic carbocycles. The summed E-state index contributed by atoms with van der Waals surface area (Å²) in [5, 5.41) is 3.30. The Morgan fingerprint density at radius 3 is 2.57 bits per heavy atom. The quantitative estimate of drug-likeness (QED) is 0.901. The Morgan fingerprint density at radius 2 is 2.00 bits per heavy atom. The van der Waals surface area contributed by atoms with Crippen molar-refractivity contribution in [2.45, 2.75) is 64.7 Å². The first kappa shape index (κ1) is 16.3. The fraction of sp³-hybridized carbons (Fsp3) is 0.667. The topological polar surface area (TPSA) is 30.5 Å². The number of hydrogen-bond donors (Lipinski definition) is 1. The van der Waals surface area contributed by atoms with Gasteiger partial charge in [0.25, 0.3) is 0 Å². The molecule has 0 aromatic heterocycles. The van der Waals surface area contributed by atoms with Gasteiger partial charge >= 0.3 is 0 Å². The number of nitrogens with one attached hydrogen (secondary N) is 1. The van der Waals surface area contributed by atoms with Crippen molar-refractivity contribution >= 4 is 0 Å². The predicted octanol–water partition coefficient (Wildman–Crippen LogP) is 3.44. The number of benzene rings is 1. The molecule has 3 unspecified atom stereocenters. The van der Waals surface area contributed by atoms with Gasteiger partial charge in [-0.25, -0.2) is 0 Å². The van der Waals surface area contributed by atoms with E-state index in [-0.39, 0.29) is 17.6 Å². The molecule has 1 aliphatic rings. The molecule has 0 saturated heterocycles. The van der Waals surface area contributed by atoms with Gasteiger partial charge in [0.2, 0.25) is 0 Å². The molecule has 0 spiro atoms. The second-order valence-electron chi connectivity index (χ2n) is 6.96. The molecule has 1 saturated carbocycles. The molecular formula is C18H29NO2. The minimum absolute atomic E-state index is 0.0780. The normalized spacial score (nSPS) is 25.5. The van der Waals surface area contributed by atoms with Crippen molar-refractivity contribution in [1.82, 2.24) is 5.32 Å². The Morgan fingerprint density at radius 1 is 1.29 bits per heavy atom. The van der Waals surface area contributed by atoms with Crippen molar-refractivity contribution in [3.05, 3.63) is 29.3 Å². The molecular weight excluding hydrogens is 262 g/mol. The third-order valence-corrected chi connectivity index (χ3v) is 4.20. The van der Waals surface area contributed by atoms with Crippen LogP contribution in [-0.4, -0.2) is 31.9 Å². The molecule has 1 fully saturated rings. The molecule has 21 heavy (non-hydrogen) atoms. The number of aryl methyl sites for hydroxylation is 1. The van der Waals surface area contributed by atoms with E-state index in [2.05, 4.69) is 51.2 Å². The SMILES string of the molecule is CCOC1C(NC)CC1Oc1ccc(C)cc1C(C)(C)C. The standard InChI is InChI=1S/C18H29NO2/c1-7-20-17-14(19-6)11-16(17)21-15-9-8-12(2)10-13(15)18(3,4)5/h8-10,14,16-17,19H,7,11H2,1-6H3. The highest BCUT2D eigenvalue weighted by atomic mass is 16.5. The molecule has 1 aromatic rings. The predicted molar refractivity (Wildman–Crippen MR) is 87.2 cm³/mol. The summed E-state index contributed by atoms with van der Waals surface area (Å²) in [5.41, 5.74) is 2.62. The van der Waals surface area contributed by atoms with Crippen LogP contribution in [0.15, 0.2) is 18.2 Å². The molecule has 3 atom stereocenters. The summed E-state index contributed by atoms with van der Waals surface area (Å²) in [7, 11) is 1.99. The van der Waals surface area contributed by atoms with Gasteiger partial charge < -0.3 is 14.8 Å². The van der Waals surface area contributed by atoms with E-state index in [1.165, 1.54) is 11.1 Å². The first-order chi connectivity index (χ1) is 9.86. The van der Waals surface area contributed by atoms with Crippen LogP contribution in [-0.2, 0) is 10.2 Å². The van der Waals surface area contributed by atoms with Crippen molar-refractivity contribution in [2.24, 2.45) is 0 Å². The second-order valence-corrected chi connectivity index (χ2v) is 6.96. The van der Waals surface area contributed by atoms with Crippen LogP contribution in [0.3, 0.4) is 0 Å². The van der Waals surface area contributed by atoms with Crippen molar-refractivity contribution in [3.8, 4) is 5.75 Å². The van der Waals surface area contributed by atoms with E-state index in [4.69, 9.17) is 9.47 Å². The monoisotopic (exact) mass is 291 g/mol. The van der Waals surface area contributed by atoms with Crippen LogP contribution in [0.2, 0.25) is 0 Å². The Bertz CT molecular complexity index is 479. The lowest BCUT2D eigenvalue weighted by Crippen LogP contribution is -2.60. The Hall–Kier alpha value is -1.06. The summed E-state index contributed by atoms with van der Waals surface area (Å²) in [6.07, 6.45) is 1.29. The van der Waals surface area contributed by atoms with Gasteiger partial charge in [0, 0.05) is 19.1 Å². The first-order valence-electron chi connectivity index (χ1n) is 7.93. The maximum Gasteiger partial charge on any atom is 0.128 e. The van der Waals surface area contributed by atoms with Crippen molar-refractivity contribution in [2.75, 3.05) is 13.7 Å². The second kappa shape index (κ2) is 6.37. The molecule has 118 valence electrons. The highest BCUT2D eigenvalue weighted by Gasteiger charge is 2.43. The zero-order valence-electron chi connectivity index (χ0n) is 14.2. The van der Waals surface area contributed by atoms with Crippen LogP contribution in [0.1, 0.15) is 45.2 Å². The number of likely N-dealkylation sites (N-methyl/N-ethyl adjacent to an activating group) is 1. The van der Waals surface area contributed by atoms with E-state index >= 15 is 0 Å². The van der Waals surface area contributed by atoms with Gasteiger partial charge in [-0.15, -0.1) is 0 Å². The highest BCUT2D eigenvalue weighted by molar-refractivity contribution is 5.41. The van der Waals surface area contributed by atoms with Crippen LogP contribution < -0.4 is 10.1 Å². The maximum absolute atomic E-state index is 6.30. The molecule has 0 radical (unpaired) electrons. The minimum atomic E-state index is 0.0780. The van der Waals surface area contributed by atoms with Crippen LogP contribution in [0.5, 0.6) is 5.75 Å². The third-order valence-electron chi connectivity index (χ3n) is 4.20. The Labute approximate surface area is 129 Å². The van der Waals surface area contributed by atoms with Crippen molar-refractivity contribution < 1.29 is 9.47 Å². The van der Waals surface area contributed by atoms with Crippen LogP contribution >= 0.6 is 0 Å². The van der Waals surface area contributed by atoms with E-state index in [1.807, 2.05) is 14.0 Å². The molecule has 3 nitrogen and oxygen atoms in total. The number of rotatable bonds is 5. The number of hydrogen-bond acceptors (Lipinski definition) is 3.